The summed E-state index contributed by atoms with van der Waals surface area (Å²) in [5.74, 6) is -0.652. The van der Waals surface area contributed by atoms with Gasteiger partial charge in [0.05, 0.1) is 24.7 Å². The fourth-order valence-electron chi connectivity index (χ4n) is 2.93. The minimum absolute atomic E-state index is 0.0285. The molecule has 9 nitrogen and oxygen atoms in total. The van der Waals surface area contributed by atoms with Crippen LogP contribution in [0.3, 0.4) is 0 Å². The zero-order chi connectivity index (χ0) is 21.0. The molecule has 11 heteroatoms. The van der Waals surface area contributed by atoms with E-state index in [4.69, 9.17) is 16.3 Å². The van der Waals surface area contributed by atoms with Crippen molar-refractivity contribution in [3.8, 4) is 0 Å². The van der Waals surface area contributed by atoms with Crippen molar-refractivity contribution >= 4 is 33.4 Å². The second-order valence-electron chi connectivity index (χ2n) is 6.31. The number of hydrogen-bond donors (Lipinski definition) is 1. The van der Waals surface area contributed by atoms with Crippen LogP contribution in [0.15, 0.2) is 35.4 Å². The molecule has 0 bridgehead atoms. The third kappa shape index (κ3) is 4.84. The topological polar surface area (TPSA) is 113 Å². The number of carboxylic acid groups (broad SMARTS) is 1. The number of nitrogens with zero attached hydrogens (tertiary/aromatic N) is 4. The summed E-state index contributed by atoms with van der Waals surface area (Å²) >= 11 is 5.85. The molecule has 0 aliphatic carbocycles. The highest BCUT2D eigenvalue weighted by Crippen LogP contribution is 2.22. The Bertz CT molecular complexity index is 978. The van der Waals surface area contributed by atoms with Crippen LogP contribution >= 0.6 is 11.6 Å². The molecule has 2 aromatic rings. The summed E-state index contributed by atoms with van der Waals surface area (Å²) in [6.45, 7) is 3.74. The van der Waals surface area contributed by atoms with Crippen molar-refractivity contribution in [3.05, 3.63) is 46.9 Å². The Morgan fingerprint density at radius 1 is 1.28 bits per heavy atom. The number of sulfonamides is 1. The first-order chi connectivity index (χ1) is 13.8. The van der Waals surface area contributed by atoms with Gasteiger partial charge < -0.3 is 14.7 Å². The second kappa shape index (κ2) is 9.04. The largest absolute Gasteiger partial charge is 0.477 e. The molecule has 2 heterocycles. The molecule has 29 heavy (non-hydrogen) atoms. The molecule has 0 radical (unpaired) electrons. The summed E-state index contributed by atoms with van der Waals surface area (Å²) in [6, 6.07) is 5.90. The van der Waals surface area contributed by atoms with E-state index in [-0.39, 0.29) is 35.2 Å². The maximum Gasteiger partial charge on any atom is 0.341 e. The summed E-state index contributed by atoms with van der Waals surface area (Å²) in [4.78, 5) is 22.0. The maximum absolute atomic E-state index is 12.9. The third-order valence-corrected chi connectivity index (χ3v) is 6.67. The summed E-state index contributed by atoms with van der Waals surface area (Å²) in [5.41, 5.74) is -0.0285. The van der Waals surface area contributed by atoms with E-state index in [1.807, 2.05) is 4.90 Å². The number of anilines is 1. The molecule has 3 rings (SSSR count). The number of aromatic carboxylic acids is 1. The zero-order valence-electron chi connectivity index (χ0n) is 15.8. The van der Waals surface area contributed by atoms with Crippen molar-refractivity contribution in [2.45, 2.75) is 18.4 Å². The first-order valence-corrected chi connectivity index (χ1v) is 10.8. The summed E-state index contributed by atoms with van der Waals surface area (Å²) < 4.78 is 32.4. The standard InChI is InChI=1S/C18H21ClN4O5S/c1-2-23(29(26,27)14-5-3-13(19)4-6-14)12-16-20-11-15(18(24)25)17(21-16)22-7-9-28-10-8-22/h3-6,11H,2,7-10,12H2,1H3,(H,24,25). The summed E-state index contributed by atoms with van der Waals surface area (Å²) in [7, 11) is -3.79. The van der Waals surface area contributed by atoms with E-state index in [0.717, 1.165) is 0 Å². The van der Waals surface area contributed by atoms with E-state index in [9.17, 15) is 18.3 Å². The summed E-state index contributed by atoms with van der Waals surface area (Å²) in [6.07, 6.45) is 1.22. The molecule has 1 aliphatic rings. The second-order valence-corrected chi connectivity index (χ2v) is 8.69. The molecule has 0 amide bonds. The van der Waals surface area contributed by atoms with E-state index in [1.54, 1.807) is 6.92 Å². The average molecular weight is 441 g/mol. The molecule has 0 atom stereocenters. The van der Waals surface area contributed by atoms with Gasteiger partial charge in [-0.25, -0.2) is 23.2 Å². The summed E-state index contributed by atoms with van der Waals surface area (Å²) in [5, 5.41) is 9.90. The fraction of sp³-hybridized carbons (Fsp3) is 0.389. The van der Waals surface area contributed by atoms with Crippen LogP contribution in [-0.4, -0.2) is 66.6 Å². The molecule has 1 aromatic heterocycles. The van der Waals surface area contributed by atoms with Gasteiger partial charge in [0.2, 0.25) is 10.0 Å². The molecule has 1 aliphatic heterocycles. The third-order valence-electron chi connectivity index (χ3n) is 4.48. The highest BCUT2D eigenvalue weighted by atomic mass is 35.5. The number of carboxylic acids is 1. The Morgan fingerprint density at radius 2 is 1.93 bits per heavy atom. The first-order valence-electron chi connectivity index (χ1n) is 9.00. The molecule has 156 valence electrons. The van der Waals surface area contributed by atoms with Crippen LogP contribution in [0.5, 0.6) is 0 Å². The Morgan fingerprint density at radius 3 is 2.52 bits per heavy atom. The molecule has 1 aromatic carbocycles. The number of carbonyl (C=O) groups is 1. The molecule has 0 unspecified atom stereocenters. The zero-order valence-corrected chi connectivity index (χ0v) is 17.4. The number of morpholine rings is 1. The lowest BCUT2D eigenvalue weighted by Crippen LogP contribution is -2.38. The van der Waals surface area contributed by atoms with E-state index in [2.05, 4.69) is 9.97 Å². The molecule has 0 spiro atoms. The van der Waals surface area contributed by atoms with Crippen molar-refractivity contribution in [1.82, 2.24) is 14.3 Å². The molecular formula is C18H21ClN4O5S. The van der Waals surface area contributed by atoms with Crippen LogP contribution in [-0.2, 0) is 21.3 Å². The number of rotatable bonds is 7. The Labute approximate surface area is 173 Å². The molecule has 0 saturated carbocycles. The molecule has 1 saturated heterocycles. The fourth-order valence-corrected chi connectivity index (χ4v) is 4.46. The van der Waals surface area contributed by atoms with Gasteiger partial charge in [-0.1, -0.05) is 18.5 Å². The van der Waals surface area contributed by atoms with Crippen molar-refractivity contribution in [1.29, 1.82) is 0 Å². The van der Waals surface area contributed by atoms with Gasteiger partial charge in [-0.3, -0.25) is 0 Å². The van der Waals surface area contributed by atoms with Crippen molar-refractivity contribution in [2.75, 3.05) is 37.7 Å². The molecule has 1 N–H and O–H groups in total. The Hall–Kier alpha value is -2.27. The lowest BCUT2D eigenvalue weighted by molar-refractivity contribution is 0.0695. The average Bonchev–Trinajstić information content (AvgIpc) is 2.72. The predicted molar refractivity (Wildman–Crippen MR) is 107 cm³/mol. The van der Waals surface area contributed by atoms with E-state index >= 15 is 0 Å². The van der Waals surface area contributed by atoms with E-state index in [0.29, 0.717) is 31.3 Å². The van der Waals surface area contributed by atoms with E-state index in [1.165, 1.54) is 34.8 Å². The van der Waals surface area contributed by atoms with Gasteiger partial charge in [-0.15, -0.1) is 0 Å². The van der Waals surface area contributed by atoms with Gasteiger partial charge in [-0.05, 0) is 24.3 Å². The predicted octanol–water partition coefficient (Wildman–Crippen LogP) is 1.88. The quantitative estimate of drug-likeness (QED) is 0.694. The highest BCUT2D eigenvalue weighted by Gasteiger charge is 2.26. The highest BCUT2D eigenvalue weighted by molar-refractivity contribution is 7.89. The molecular weight excluding hydrogens is 420 g/mol. The number of benzene rings is 1. The van der Waals surface area contributed by atoms with Crippen LogP contribution < -0.4 is 4.90 Å². The Kier molecular flexibility index (Phi) is 6.68. The van der Waals surface area contributed by atoms with Crippen LogP contribution in [0.1, 0.15) is 23.1 Å². The van der Waals surface area contributed by atoms with E-state index < -0.39 is 16.0 Å². The van der Waals surface area contributed by atoms with Crippen molar-refractivity contribution in [3.63, 3.8) is 0 Å². The smallest absolute Gasteiger partial charge is 0.341 e. The van der Waals surface area contributed by atoms with Crippen LogP contribution in [0.25, 0.3) is 0 Å². The van der Waals surface area contributed by atoms with Gasteiger partial charge in [0, 0.05) is 30.9 Å². The van der Waals surface area contributed by atoms with Crippen molar-refractivity contribution < 1.29 is 23.1 Å². The van der Waals surface area contributed by atoms with Gasteiger partial charge >= 0.3 is 5.97 Å². The molecule has 1 fully saturated rings. The van der Waals surface area contributed by atoms with Crippen LogP contribution in [0.2, 0.25) is 5.02 Å². The van der Waals surface area contributed by atoms with Gasteiger partial charge in [0.15, 0.2) is 0 Å². The number of aromatic nitrogens is 2. The maximum atomic E-state index is 12.9. The number of hydrogen-bond acceptors (Lipinski definition) is 7. The lowest BCUT2D eigenvalue weighted by atomic mass is 10.2. The van der Waals surface area contributed by atoms with Crippen LogP contribution in [0.4, 0.5) is 5.82 Å². The van der Waals surface area contributed by atoms with Crippen LogP contribution in [0, 0.1) is 0 Å². The monoisotopic (exact) mass is 440 g/mol. The van der Waals surface area contributed by atoms with Gasteiger partial charge in [0.25, 0.3) is 0 Å². The van der Waals surface area contributed by atoms with Gasteiger partial charge in [-0.2, -0.15) is 4.31 Å². The lowest BCUT2D eigenvalue weighted by Gasteiger charge is -2.29. The van der Waals surface area contributed by atoms with Crippen molar-refractivity contribution in [2.24, 2.45) is 0 Å². The van der Waals surface area contributed by atoms with Gasteiger partial charge in [0.1, 0.15) is 17.2 Å². The normalized spacial score (nSPS) is 14.9. The minimum Gasteiger partial charge on any atom is -0.477 e. The minimum atomic E-state index is -3.79. The Balaban J connectivity index is 1.91. The SMILES string of the molecule is CCN(Cc1ncc(C(=O)O)c(N2CCOCC2)n1)S(=O)(=O)c1ccc(Cl)cc1. The number of halogens is 1. The number of ether oxygens (including phenoxy) is 1. The first kappa shape index (κ1) is 21.4.